The molecule has 156 valence electrons. The van der Waals surface area contributed by atoms with Gasteiger partial charge in [-0.2, -0.15) is 5.10 Å². The Labute approximate surface area is 172 Å². The van der Waals surface area contributed by atoms with E-state index >= 15 is 0 Å². The van der Waals surface area contributed by atoms with Crippen LogP contribution in [-0.2, 0) is 36.8 Å². The second kappa shape index (κ2) is 7.62. The lowest BCUT2D eigenvalue weighted by atomic mass is 10.1. The smallest absolute Gasteiger partial charge is 0.322 e. The average molecular weight is 409 g/mol. The summed E-state index contributed by atoms with van der Waals surface area (Å²) in [4.78, 5) is 43.0. The number of aryl methyl sites for hydroxylation is 3. The molecular weight excluding hydrogens is 386 g/mol. The molecule has 1 aliphatic heterocycles. The van der Waals surface area contributed by atoms with Crippen molar-refractivity contribution in [3.05, 3.63) is 47.5 Å². The maximum Gasteiger partial charge on any atom is 0.322 e. The molecule has 1 atom stereocenters. The molecular formula is C20H23N7O3. The first-order valence-corrected chi connectivity index (χ1v) is 9.61. The second-order valence-electron chi connectivity index (χ2n) is 7.45. The van der Waals surface area contributed by atoms with Crippen molar-refractivity contribution in [1.82, 2.24) is 34.9 Å². The molecule has 1 saturated heterocycles. The molecule has 3 aromatic rings. The lowest BCUT2D eigenvalue weighted by Crippen LogP contribution is -2.58. The van der Waals surface area contributed by atoms with E-state index in [9.17, 15) is 14.4 Å². The van der Waals surface area contributed by atoms with Crippen LogP contribution in [-0.4, -0.2) is 48.1 Å². The van der Waals surface area contributed by atoms with Gasteiger partial charge in [-0.3, -0.25) is 19.6 Å². The van der Waals surface area contributed by atoms with Gasteiger partial charge in [0, 0.05) is 19.8 Å². The maximum atomic E-state index is 13.3. The van der Waals surface area contributed by atoms with E-state index in [1.807, 2.05) is 55.9 Å². The highest BCUT2D eigenvalue weighted by Crippen LogP contribution is 2.18. The highest BCUT2D eigenvalue weighted by molar-refractivity contribution is 6.02. The molecule has 10 heteroatoms. The Balaban J connectivity index is 1.65. The van der Waals surface area contributed by atoms with Crippen LogP contribution < -0.4 is 10.6 Å². The first-order chi connectivity index (χ1) is 14.3. The van der Waals surface area contributed by atoms with E-state index in [0.717, 1.165) is 16.7 Å². The van der Waals surface area contributed by atoms with Crippen molar-refractivity contribution in [3.63, 3.8) is 0 Å². The Kier molecular flexibility index (Phi) is 4.98. The van der Waals surface area contributed by atoms with Crippen LogP contribution >= 0.6 is 0 Å². The SMILES string of the molecule is Cc1cc(CN(Cc2nc3ccccc3n2C)C(=O)C2CC(=O)NC(=O)N2)nn1C. The van der Waals surface area contributed by atoms with Gasteiger partial charge in [0.05, 0.1) is 36.2 Å². The molecule has 1 fully saturated rings. The molecule has 0 aliphatic carbocycles. The van der Waals surface area contributed by atoms with Crippen LogP contribution in [0.4, 0.5) is 4.79 Å². The summed E-state index contributed by atoms with van der Waals surface area (Å²) in [5.74, 6) is -0.134. The average Bonchev–Trinajstić information content (AvgIpc) is 3.18. The van der Waals surface area contributed by atoms with Crippen molar-refractivity contribution < 1.29 is 14.4 Å². The van der Waals surface area contributed by atoms with E-state index < -0.39 is 18.0 Å². The lowest BCUT2D eigenvalue weighted by Gasteiger charge is -2.29. The minimum atomic E-state index is -0.925. The summed E-state index contributed by atoms with van der Waals surface area (Å²) in [5, 5.41) is 9.13. The second-order valence-corrected chi connectivity index (χ2v) is 7.45. The van der Waals surface area contributed by atoms with Crippen LogP contribution in [0.3, 0.4) is 0 Å². The third kappa shape index (κ3) is 3.76. The van der Waals surface area contributed by atoms with Gasteiger partial charge in [0.15, 0.2) is 0 Å². The summed E-state index contributed by atoms with van der Waals surface area (Å²) in [6.07, 6.45) is -0.106. The molecule has 0 spiro atoms. The Morgan fingerprint density at radius 2 is 2.00 bits per heavy atom. The number of carbonyl (C=O) groups is 3. The molecule has 30 heavy (non-hydrogen) atoms. The van der Waals surface area contributed by atoms with E-state index in [2.05, 4.69) is 20.7 Å². The fourth-order valence-corrected chi connectivity index (χ4v) is 3.60. The number of carbonyl (C=O) groups excluding carboxylic acids is 3. The first kappa shape index (κ1) is 19.6. The number of para-hydroxylation sites is 2. The van der Waals surface area contributed by atoms with Gasteiger partial charge in [0.1, 0.15) is 11.9 Å². The minimum absolute atomic E-state index is 0.106. The highest BCUT2D eigenvalue weighted by Gasteiger charge is 2.33. The zero-order valence-electron chi connectivity index (χ0n) is 17.0. The van der Waals surface area contributed by atoms with Gasteiger partial charge in [-0.1, -0.05) is 12.1 Å². The first-order valence-electron chi connectivity index (χ1n) is 9.61. The summed E-state index contributed by atoms with van der Waals surface area (Å²) in [6.45, 7) is 2.38. The molecule has 2 aromatic heterocycles. The highest BCUT2D eigenvalue weighted by atomic mass is 16.2. The number of aromatic nitrogens is 4. The Bertz CT molecular complexity index is 1110. The fourth-order valence-electron chi connectivity index (χ4n) is 3.60. The monoisotopic (exact) mass is 409 g/mol. The maximum absolute atomic E-state index is 13.3. The van der Waals surface area contributed by atoms with Crippen LogP contribution in [0.2, 0.25) is 0 Å². The van der Waals surface area contributed by atoms with Crippen LogP contribution in [0.1, 0.15) is 23.6 Å². The topological polar surface area (TPSA) is 114 Å². The molecule has 1 unspecified atom stereocenters. The third-order valence-corrected chi connectivity index (χ3v) is 5.29. The molecule has 4 amide bonds. The van der Waals surface area contributed by atoms with Crippen molar-refractivity contribution in [2.24, 2.45) is 14.1 Å². The molecule has 1 aromatic carbocycles. The molecule has 4 rings (SSSR count). The number of imidazole rings is 1. The molecule has 2 N–H and O–H groups in total. The van der Waals surface area contributed by atoms with Gasteiger partial charge in [0.25, 0.3) is 0 Å². The number of imide groups is 1. The third-order valence-electron chi connectivity index (χ3n) is 5.29. The van der Waals surface area contributed by atoms with Crippen molar-refractivity contribution in [1.29, 1.82) is 0 Å². The number of rotatable bonds is 5. The van der Waals surface area contributed by atoms with E-state index in [0.29, 0.717) is 11.5 Å². The van der Waals surface area contributed by atoms with E-state index in [1.54, 1.807) is 9.58 Å². The van der Waals surface area contributed by atoms with Crippen molar-refractivity contribution in [3.8, 4) is 0 Å². The molecule has 0 saturated carbocycles. The predicted octanol–water partition coefficient (Wildman–Crippen LogP) is 0.742. The standard InChI is InChI=1S/C20H23N7O3/c1-12-8-13(24-26(12)3)10-27(19(29)15-9-18(28)23-20(30)22-15)11-17-21-14-6-4-5-7-16(14)25(17)2/h4-8,15H,9-11H2,1-3H3,(H2,22,23,28,30). The van der Waals surface area contributed by atoms with Crippen molar-refractivity contribution in [2.45, 2.75) is 32.5 Å². The van der Waals surface area contributed by atoms with E-state index in [4.69, 9.17) is 0 Å². The summed E-state index contributed by atoms with van der Waals surface area (Å²) in [5.41, 5.74) is 3.47. The molecule has 10 nitrogen and oxygen atoms in total. The molecule has 1 aliphatic rings. The number of benzene rings is 1. The van der Waals surface area contributed by atoms with Crippen molar-refractivity contribution >= 4 is 28.9 Å². The zero-order valence-corrected chi connectivity index (χ0v) is 17.0. The van der Waals surface area contributed by atoms with Gasteiger partial charge in [-0.25, -0.2) is 9.78 Å². The number of fused-ring (bicyclic) bond motifs is 1. The van der Waals surface area contributed by atoms with Crippen LogP contribution in [0, 0.1) is 6.92 Å². The number of amides is 4. The van der Waals surface area contributed by atoms with Gasteiger partial charge in [0.2, 0.25) is 11.8 Å². The zero-order chi connectivity index (χ0) is 21.4. The van der Waals surface area contributed by atoms with Gasteiger partial charge in [-0.15, -0.1) is 0 Å². The Morgan fingerprint density at radius 1 is 1.23 bits per heavy atom. The van der Waals surface area contributed by atoms with Crippen LogP contribution in [0.5, 0.6) is 0 Å². The number of nitrogens with zero attached hydrogens (tertiary/aromatic N) is 5. The summed E-state index contributed by atoms with van der Waals surface area (Å²) in [7, 11) is 3.73. The number of nitrogens with one attached hydrogen (secondary N) is 2. The molecule has 0 radical (unpaired) electrons. The Hall–Kier alpha value is -3.69. The number of hydrogen-bond donors (Lipinski definition) is 2. The van der Waals surface area contributed by atoms with Gasteiger partial charge in [-0.05, 0) is 25.1 Å². The number of urea groups is 1. The Morgan fingerprint density at radius 3 is 2.67 bits per heavy atom. The quantitative estimate of drug-likeness (QED) is 0.645. The van der Waals surface area contributed by atoms with Crippen molar-refractivity contribution in [2.75, 3.05) is 0 Å². The van der Waals surface area contributed by atoms with Gasteiger partial charge >= 0.3 is 6.03 Å². The normalized spacial score (nSPS) is 16.4. The summed E-state index contributed by atoms with van der Waals surface area (Å²) >= 11 is 0. The van der Waals surface area contributed by atoms with Crippen LogP contribution in [0.25, 0.3) is 11.0 Å². The van der Waals surface area contributed by atoms with Gasteiger partial charge < -0.3 is 14.8 Å². The van der Waals surface area contributed by atoms with E-state index in [-0.39, 0.29) is 25.4 Å². The predicted molar refractivity (Wildman–Crippen MR) is 108 cm³/mol. The minimum Gasteiger partial charge on any atom is -0.330 e. The fraction of sp³-hybridized carbons (Fsp3) is 0.350. The summed E-state index contributed by atoms with van der Waals surface area (Å²) < 4.78 is 3.67. The van der Waals surface area contributed by atoms with Crippen LogP contribution in [0.15, 0.2) is 30.3 Å². The largest absolute Gasteiger partial charge is 0.330 e. The van der Waals surface area contributed by atoms with E-state index in [1.165, 1.54) is 0 Å². The summed E-state index contributed by atoms with van der Waals surface area (Å²) in [6, 6.07) is 8.04. The molecule has 0 bridgehead atoms. The molecule has 3 heterocycles. The number of hydrogen-bond acceptors (Lipinski definition) is 5. The lowest BCUT2D eigenvalue weighted by molar-refractivity contribution is -0.137.